The Hall–Kier alpha value is -1.84. The highest BCUT2D eigenvalue weighted by Crippen LogP contribution is 2.33. The van der Waals surface area contributed by atoms with Crippen molar-refractivity contribution in [3.63, 3.8) is 0 Å². The molecule has 1 heterocycles. The van der Waals surface area contributed by atoms with Gasteiger partial charge in [-0.1, -0.05) is 31.4 Å². The Bertz CT molecular complexity index is 597. The zero-order valence-electron chi connectivity index (χ0n) is 10.9. The van der Waals surface area contributed by atoms with Crippen molar-refractivity contribution < 1.29 is 9.90 Å². The zero-order chi connectivity index (χ0) is 13.2. The van der Waals surface area contributed by atoms with Crippen molar-refractivity contribution in [2.45, 2.75) is 44.6 Å². The summed E-state index contributed by atoms with van der Waals surface area (Å²) >= 11 is 0. The van der Waals surface area contributed by atoms with Crippen molar-refractivity contribution in [3.05, 3.63) is 30.1 Å². The molecule has 100 valence electrons. The molecule has 0 aliphatic heterocycles. The molecule has 1 aromatic heterocycles. The van der Waals surface area contributed by atoms with Gasteiger partial charge in [0.2, 0.25) is 0 Å². The third-order valence-corrected chi connectivity index (χ3v) is 3.95. The molecule has 4 nitrogen and oxygen atoms in total. The number of carbonyl (C=O) groups is 1. The van der Waals surface area contributed by atoms with E-state index >= 15 is 0 Å². The molecule has 4 heteroatoms. The van der Waals surface area contributed by atoms with E-state index in [-0.39, 0.29) is 6.54 Å². The zero-order valence-corrected chi connectivity index (χ0v) is 10.9. The summed E-state index contributed by atoms with van der Waals surface area (Å²) in [6, 6.07) is 7.80. The Labute approximate surface area is 112 Å². The minimum Gasteiger partial charge on any atom is -0.480 e. The highest BCUT2D eigenvalue weighted by molar-refractivity contribution is 5.78. The van der Waals surface area contributed by atoms with Gasteiger partial charge in [0, 0.05) is 5.92 Å². The summed E-state index contributed by atoms with van der Waals surface area (Å²) in [4.78, 5) is 15.8. The van der Waals surface area contributed by atoms with Gasteiger partial charge in [-0.05, 0) is 25.0 Å². The number of hydrogen-bond acceptors (Lipinski definition) is 2. The van der Waals surface area contributed by atoms with Crippen LogP contribution in [0.25, 0.3) is 11.0 Å². The van der Waals surface area contributed by atoms with Crippen LogP contribution in [0.5, 0.6) is 0 Å². The van der Waals surface area contributed by atoms with Crippen LogP contribution in [0, 0.1) is 0 Å². The molecule has 1 fully saturated rings. The number of carboxylic acids is 1. The summed E-state index contributed by atoms with van der Waals surface area (Å²) in [7, 11) is 0. The molecule has 0 spiro atoms. The number of rotatable bonds is 3. The van der Waals surface area contributed by atoms with Gasteiger partial charge in [-0.2, -0.15) is 0 Å². The van der Waals surface area contributed by atoms with Crippen LogP contribution in [0.15, 0.2) is 24.3 Å². The van der Waals surface area contributed by atoms with Crippen molar-refractivity contribution in [3.8, 4) is 0 Å². The molecule has 0 bridgehead atoms. The maximum atomic E-state index is 11.1. The second kappa shape index (κ2) is 5.03. The minimum atomic E-state index is -0.805. The van der Waals surface area contributed by atoms with Gasteiger partial charge in [0.1, 0.15) is 12.4 Å². The summed E-state index contributed by atoms with van der Waals surface area (Å²) < 4.78 is 1.88. The van der Waals surface area contributed by atoms with Gasteiger partial charge >= 0.3 is 5.97 Å². The fraction of sp³-hybridized carbons (Fsp3) is 0.467. The maximum Gasteiger partial charge on any atom is 0.323 e. The molecule has 0 radical (unpaired) electrons. The average molecular weight is 258 g/mol. The lowest BCUT2D eigenvalue weighted by atomic mass is 9.88. The maximum absolute atomic E-state index is 11.1. The highest BCUT2D eigenvalue weighted by atomic mass is 16.4. The Morgan fingerprint density at radius 3 is 2.74 bits per heavy atom. The van der Waals surface area contributed by atoms with Crippen LogP contribution in [0.3, 0.4) is 0 Å². The first-order chi connectivity index (χ1) is 9.25. The number of carboxylic acid groups (broad SMARTS) is 1. The molecule has 2 aromatic rings. The molecular formula is C15H18N2O2. The number of aliphatic carboxylic acids is 1. The predicted molar refractivity (Wildman–Crippen MR) is 73.2 cm³/mol. The summed E-state index contributed by atoms with van der Waals surface area (Å²) in [5.74, 6) is 0.573. The van der Waals surface area contributed by atoms with E-state index in [9.17, 15) is 4.79 Å². The van der Waals surface area contributed by atoms with Gasteiger partial charge in [0.15, 0.2) is 0 Å². The lowest BCUT2D eigenvalue weighted by Crippen LogP contribution is -2.16. The Kier molecular flexibility index (Phi) is 3.23. The van der Waals surface area contributed by atoms with Gasteiger partial charge in [0.25, 0.3) is 0 Å². The van der Waals surface area contributed by atoms with Crippen LogP contribution in [-0.2, 0) is 11.3 Å². The molecule has 0 amide bonds. The lowest BCUT2D eigenvalue weighted by molar-refractivity contribution is -0.137. The molecule has 1 aromatic carbocycles. The van der Waals surface area contributed by atoms with E-state index in [2.05, 4.69) is 4.98 Å². The van der Waals surface area contributed by atoms with Gasteiger partial charge in [0.05, 0.1) is 11.0 Å². The first-order valence-corrected chi connectivity index (χ1v) is 6.92. The van der Waals surface area contributed by atoms with E-state index in [1.165, 1.54) is 19.3 Å². The Morgan fingerprint density at radius 2 is 2.00 bits per heavy atom. The van der Waals surface area contributed by atoms with Crippen LogP contribution in [0.4, 0.5) is 0 Å². The SMILES string of the molecule is O=C(O)Cn1c(C2CCCCC2)nc2ccccc21. The Morgan fingerprint density at radius 1 is 1.26 bits per heavy atom. The smallest absolute Gasteiger partial charge is 0.323 e. The van der Waals surface area contributed by atoms with Crippen LogP contribution in [0.2, 0.25) is 0 Å². The standard InChI is InChI=1S/C15H18N2O2/c18-14(19)10-17-13-9-5-4-8-12(13)16-15(17)11-6-2-1-3-7-11/h4-5,8-9,11H,1-3,6-7,10H2,(H,18,19). The second-order valence-corrected chi connectivity index (χ2v) is 5.27. The summed E-state index contributed by atoms with van der Waals surface area (Å²) in [5, 5.41) is 9.12. The van der Waals surface area contributed by atoms with Crippen LogP contribution < -0.4 is 0 Å². The molecule has 0 saturated heterocycles. The monoisotopic (exact) mass is 258 g/mol. The summed E-state index contributed by atoms with van der Waals surface area (Å²) in [6.07, 6.45) is 5.99. The number of imidazole rings is 1. The van der Waals surface area contributed by atoms with E-state index in [1.54, 1.807) is 0 Å². The number of nitrogens with zero attached hydrogens (tertiary/aromatic N) is 2. The first kappa shape index (κ1) is 12.2. The van der Waals surface area contributed by atoms with Gasteiger partial charge in [-0.25, -0.2) is 4.98 Å². The van der Waals surface area contributed by atoms with E-state index in [0.29, 0.717) is 5.92 Å². The van der Waals surface area contributed by atoms with Crippen molar-refractivity contribution in [2.75, 3.05) is 0 Å². The quantitative estimate of drug-likeness (QED) is 0.920. The number of benzene rings is 1. The fourth-order valence-corrected chi connectivity index (χ4v) is 3.07. The van der Waals surface area contributed by atoms with Crippen molar-refractivity contribution >= 4 is 17.0 Å². The average Bonchev–Trinajstić information content (AvgIpc) is 2.78. The topological polar surface area (TPSA) is 55.1 Å². The van der Waals surface area contributed by atoms with Crippen molar-refractivity contribution in [1.29, 1.82) is 0 Å². The molecular weight excluding hydrogens is 240 g/mol. The minimum absolute atomic E-state index is 0.00630. The molecule has 0 atom stereocenters. The molecule has 3 rings (SSSR count). The summed E-state index contributed by atoms with van der Waals surface area (Å²) in [6.45, 7) is 0.00630. The van der Waals surface area contributed by atoms with Crippen LogP contribution in [-0.4, -0.2) is 20.6 Å². The highest BCUT2D eigenvalue weighted by Gasteiger charge is 2.23. The number of fused-ring (bicyclic) bond motifs is 1. The van der Waals surface area contributed by atoms with Crippen molar-refractivity contribution in [2.24, 2.45) is 0 Å². The van der Waals surface area contributed by atoms with Crippen LogP contribution >= 0.6 is 0 Å². The third kappa shape index (κ3) is 2.35. The normalized spacial score (nSPS) is 16.8. The number of hydrogen-bond donors (Lipinski definition) is 1. The van der Waals surface area contributed by atoms with E-state index in [0.717, 1.165) is 29.7 Å². The fourth-order valence-electron chi connectivity index (χ4n) is 3.07. The molecule has 1 aliphatic carbocycles. The van der Waals surface area contributed by atoms with E-state index in [4.69, 9.17) is 5.11 Å². The number of para-hydroxylation sites is 2. The van der Waals surface area contributed by atoms with Crippen LogP contribution in [0.1, 0.15) is 43.8 Å². The van der Waals surface area contributed by atoms with E-state index < -0.39 is 5.97 Å². The lowest BCUT2D eigenvalue weighted by Gasteiger charge is -2.21. The van der Waals surface area contributed by atoms with Gasteiger partial charge in [-0.3, -0.25) is 4.79 Å². The molecule has 1 saturated carbocycles. The van der Waals surface area contributed by atoms with Gasteiger partial charge in [-0.15, -0.1) is 0 Å². The molecule has 19 heavy (non-hydrogen) atoms. The molecule has 0 unspecified atom stereocenters. The third-order valence-electron chi connectivity index (χ3n) is 3.95. The van der Waals surface area contributed by atoms with Gasteiger partial charge < -0.3 is 9.67 Å². The second-order valence-electron chi connectivity index (χ2n) is 5.27. The first-order valence-electron chi connectivity index (χ1n) is 6.92. The van der Waals surface area contributed by atoms with Crippen molar-refractivity contribution in [1.82, 2.24) is 9.55 Å². The number of aromatic nitrogens is 2. The largest absolute Gasteiger partial charge is 0.480 e. The Balaban J connectivity index is 2.07. The molecule has 1 aliphatic rings. The van der Waals surface area contributed by atoms with E-state index in [1.807, 2.05) is 28.8 Å². The predicted octanol–water partition coefficient (Wildman–Crippen LogP) is 3.17. The molecule has 1 N–H and O–H groups in total. The summed E-state index contributed by atoms with van der Waals surface area (Å²) in [5.41, 5.74) is 1.84.